The third-order valence-corrected chi connectivity index (χ3v) is 4.18. The first kappa shape index (κ1) is 19.1. The minimum Gasteiger partial charge on any atom is -0.495 e. The quantitative estimate of drug-likeness (QED) is 0.616. The number of aromatic nitrogens is 1. The Bertz CT molecular complexity index is 1010. The number of aryl methyl sites for hydroxylation is 1. The van der Waals surface area contributed by atoms with E-state index >= 15 is 0 Å². The van der Waals surface area contributed by atoms with Gasteiger partial charge in [0, 0.05) is 17.4 Å². The second-order valence-electron chi connectivity index (χ2n) is 6.38. The van der Waals surface area contributed by atoms with E-state index in [1.54, 1.807) is 43.6 Å². The zero-order chi connectivity index (χ0) is 20.1. The normalized spacial score (nSPS) is 10.2. The summed E-state index contributed by atoms with van der Waals surface area (Å²) in [5, 5.41) is 6.04. The Balaban J connectivity index is 1.76. The SMILES string of the molecule is COc1ccc(C)cc1NC(=O)c1cncc(Nc2ccc(C(C)=O)cc2)c1. The van der Waals surface area contributed by atoms with Gasteiger partial charge in [0.25, 0.3) is 5.91 Å². The number of amides is 1. The highest BCUT2D eigenvalue weighted by molar-refractivity contribution is 6.05. The number of carbonyl (C=O) groups excluding carboxylic acids is 2. The third-order valence-electron chi connectivity index (χ3n) is 4.18. The molecule has 2 N–H and O–H groups in total. The largest absolute Gasteiger partial charge is 0.495 e. The van der Waals surface area contributed by atoms with E-state index in [9.17, 15) is 9.59 Å². The molecule has 0 aliphatic carbocycles. The van der Waals surface area contributed by atoms with Crippen LogP contribution >= 0.6 is 0 Å². The summed E-state index contributed by atoms with van der Waals surface area (Å²) in [6, 6.07) is 14.4. The monoisotopic (exact) mass is 375 g/mol. The van der Waals surface area contributed by atoms with Crippen LogP contribution in [-0.4, -0.2) is 23.8 Å². The van der Waals surface area contributed by atoms with Crippen molar-refractivity contribution in [1.29, 1.82) is 0 Å². The molecule has 0 aliphatic heterocycles. The molecule has 6 nitrogen and oxygen atoms in total. The smallest absolute Gasteiger partial charge is 0.257 e. The maximum atomic E-state index is 12.6. The molecule has 0 atom stereocenters. The van der Waals surface area contributed by atoms with Gasteiger partial charge < -0.3 is 15.4 Å². The van der Waals surface area contributed by atoms with Gasteiger partial charge in [-0.25, -0.2) is 0 Å². The number of pyridine rings is 1. The van der Waals surface area contributed by atoms with Crippen LogP contribution in [-0.2, 0) is 0 Å². The molecule has 0 unspecified atom stereocenters. The number of hydrogen-bond donors (Lipinski definition) is 2. The predicted octanol–water partition coefficient (Wildman–Crippen LogP) is 4.60. The van der Waals surface area contributed by atoms with Gasteiger partial charge in [0.15, 0.2) is 5.78 Å². The molecule has 2 aromatic carbocycles. The first-order valence-electron chi connectivity index (χ1n) is 8.75. The Morgan fingerprint density at radius 3 is 2.36 bits per heavy atom. The predicted molar refractivity (Wildman–Crippen MR) is 110 cm³/mol. The number of anilines is 3. The molecular formula is C22H21N3O3. The van der Waals surface area contributed by atoms with Crippen LogP contribution in [0.15, 0.2) is 60.9 Å². The minimum absolute atomic E-state index is 0.0125. The number of benzene rings is 2. The minimum atomic E-state index is -0.285. The lowest BCUT2D eigenvalue weighted by Gasteiger charge is -2.12. The molecule has 0 bridgehead atoms. The lowest BCUT2D eigenvalue weighted by Crippen LogP contribution is -2.13. The van der Waals surface area contributed by atoms with Crippen LogP contribution in [0.1, 0.15) is 33.2 Å². The first-order valence-corrected chi connectivity index (χ1v) is 8.75. The molecule has 0 saturated heterocycles. The Labute approximate surface area is 163 Å². The van der Waals surface area contributed by atoms with E-state index in [1.807, 2.05) is 25.1 Å². The van der Waals surface area contributed by atoms with Gasteiger partial charge in [0.1, 0.15) is 5.75 Å². The van der Waals surface area contributed by atoms with E-state index in [0.29, 0.717) is 28.3 Å². The Morgan fingerprint density at radius 2 is 1.68 bits per heavy atom. The Morgan fingerprint density at radius 1 is 0.929 bits per heavy atom. The van der Waals surface area contributed by atoms with Gasteiger partial charge in [-0.1, -0.05) is 6.07 Å². The van der Waals surface area contributed by atoms with E-state index in [-0.39, 0.29) is 11.7 Å². The van der Waals surface area contributed by atoms with E-state index in [4.69, 9.17) is 4.74 Å². The number of carbonyl (C=O) groups is 2. The lowest BCUT2D eigenvalue weighted by molar-refractivity contribution is 0.101. The molecule has 1 aromatic heterocycles. The zero-order valence-electron chi connectivity index (χ0n) is 15.9. The van der Waals surface area contributed by atoms with Gasteiger partial charge in [0.2, 0.25) is 0 Å². The number of Topliss-reactive ketones (excluding diaryl/α,β-unsaturated/α-hetero) is 1. The Hall–Kier alpha value is -3.67. The number of ether oxygens (including phenoxy) is 1. The fourth-order valence-corrected chi connectivity index (χ4v) is 2.70. The number of ketones is 1. The van der Waals surface area contributed by atoms with Crippen LogP contribution in [0.4, 0.5) is 17.1 Å². The third kappa shape index (κ3) is 4.54. The van der Waals surface area contributed by atoms with Gasteiger partial charge in [0.05, 0.1) is 30.2 Å². The van der Waals surface area contributed by atoms with Gasteiger partial charge in [-0.05, 0) is 61.9 Å². The van der Waals surface area contributed by atoms with Crippen molar-refractivity contribution in [2.45, 2.75) is 13.8 Å². The zero-order valence-corrected chi connectivity index (χ0v) is 15.9. The summed E-state index contributed by atoms with van der Waals surface area (Å²) in [7, 11) is 1.56. The van der Waals surface area contributed by atoms with Crippen LogP contribution in [0.3, 0.4) is 0 Å². The van der Waals surface area contributed by atoms with Crippen molar-refractivity contribution in [3.8, 4) is 5.75 Å². The van der Waals surface area contributed by atoms with Crippen LogP contribution < -0.4 is 15.4 Å². The van der Waals surface area contributed by atoms with Crippen molar-refractivity contribution < 1.29 is 14.3 Å². The molecule has 28 heavy (non-hydrogen) atoms. The number of nitrogens with one attached hydrogen (secondary N) is 2. The molecule has 3 rings (SSSR count). The molecule has 0 spiro atoms. The molecular weight excluding hydrogens is 354 g/mol. The summed E-state index contributed by atoms with van der Waals surface area (Å²) < 4.78 is 5.30. The maximum Gasteiger partial charge on any atom is 0.257 e. The lowest BCUT2D eigenvalue weighted by atomic mass is 10.1. The fraction of sp³-hybridized carbons (Fsp3) is 0.136. The molecule has 142 valence electrons. The first-order chi connectivity index (χ1) is 13.5. The molecule has 3 aromatic rings. The molecule has 1 heterocycles. The van der Waals surface area contributed by atoms with Crippen molar-refractivity contribution >= 4 is 28.8 Å². The molecule has 0 aliphatic rings. The van der Waals surface area contributed by atoms with Crippen molar-refractivity contribution in [2.24, 2.45) is 0 Å². The highest BCUT2D eigenvalue weighted by Crippen LogP contribution is 2.26. The second kappa shape index (κ2) is 8.35. The van der Waals surface area contributed by atoms with Gasteiger partial charge in [-0.3, -0.25) is 14.6 Å². The van der Waals surface area contributed by atoms with Crippen LogP contribution in [0.5, 0.6) is 5.75 Å². The molecule has 0 radical (unpaired) electrons. The van der Waals surface area contributed by atoms with E-state index in [0.717, 1.165) is 11.3 Å². The van der Waals surface area contributed by atoms with Crippen molar-refractivity contribution in [1.82, 2.24) is 4.98 Å². The van der Waals surface area contributed by atoms with Gasteiger partial charge in [-0.2, -0.15) is 0 Å². The van der Waals surface area contributed by atoms with Crippen molar-refractivity contribution in [3.05, 3.63) is 77.6 Å². The Kier molecular flexibility index (Phi) is 5.69. The van der Waals surface area contributed by atoms with E-state index < -0.39 is 0 Å². The number of rotatable bonds is 6. The summed E-state index contributed by atoms with van der Waals surface area (Å²) in [5.41, 5.74) is 4.13. The standard InChI is InChI=1S/C22H21N3O3/c1-14-4-9-21(28-3)20(10-14)25-22(27)17-11-19(13-23-12-17)24-18-7-5-16(6-8-18)15(2)26/h4-13,24H,1-3H3,(H,25,27). The van der Waals surface area contributed by atoms with E-state index in [2.05, 4.69) is 15.6 Å². The summed E-state index contributed by atoms with van der Waals surface area (Å²) in [5.74, 6) is 0.317. The van der Waals surface area contributed by atoms with Gasteiger partial charge in [-0.15, -0.1) is 0 Å². The van der Waals surface area contributed by atoms with Gasteiger partial charge >= 0.3 is 0 Å². The molecule has 0 fully saturated rings. The molecule has 1 amide bonds. The number of hydrogen-bond acceptors (Lipinski definition) is 5. The topological polar surface area (TPSA) is 80.3 Å². The summed E-state index contributed by atoms with van der Waals surface area (Å²) in [4.78, 5) is 28.2. The maximum absolute atomic E-state index is 12.6. The fourth-order valence-electron chi connectivity index (χ4n) is 2.70. The molecule has 6 heteroatoms. The summed E-state index contributed by atoms with van der Waals surface area (Å²) in [6.07, 6.45) is 3.13. The van der Waals surface area contributed by atoms with Crippen molar-refractivity contribution in [2.75, 3.05) is 17.7 Å². The summed E-state index contributed by atoms with van der Waals surface area (Å²) >= 11 is 0. The van der Waals surface area contributed by atoms with Crippen LogP contribution in [0.25, 0.3) is 0 Å². The van der Waals surface area contributed by atoms with Crippen LogP contribution in [0, 0.1) is 6.92 Å². The number of nitrogens with zero attached hydrogens (tertiary/aromatic N) is 1. The average molecular weight is 375 g/mol. The van der Waals surface area contributed by atoms with E-state index in [1.165, 1.54) is 13.1 Å². The number of methoxy groups -OCH3 is 1. The molecule has 0 saturated carbocycles. The van der Waals surface area contributed by atoms with Crippen LogP contribution in [0.2, 0.25) is 0 Å². The highest BCUT2D eigenvalue weighted by atomic mass is 16.5. The summed E-state index contributed by atoms with van der Waals surface area (Å²) in [6.45, 7) is 3.47. The van der Waals surface area contributed by atoms with Crippen molar-refractivity contribution in [3.63, 3.8) is 0 Å². The second-order valence-corrected chi connectivity index (χ2v) is 6.38. The highest BCUT2D eigenvalue weighted by Gasteiger charge is 2.11. The average Bonchev–Trinajstić information content (AvgIpc) is 2.69.